The van der Waals surface area contributed by atoms with Crippen LogP contribution >= 0.6 is 0 Å². The minimum Gasteiger partial charge on any atom is -0.448 e. The third-order valence-electron chi connectivity index (χ3n) is 4.61. The van der Waals surface area contributed by atoms with Crippen LogP contribution < -0.4 is 10.6 Å². The molecule has 2 aliphatic heterocycles. The SMILES string of the molecule is O=C(NCCN1CCCCC1)c1coc(C2CCNCC2)n1. The van der Waals surface area contributed by atoms with Gasteiger partial charge in [-0.3, -0.25) is 4.79 Å². The number of carbonyl (C=O) groups excluding carboxylic acids is 1. The monoisotopic (exact) mass is 306 g/mol. The molecule has 1 amide bonds. The molecule has 0 atom stereocenters. The maximum atomic E-state index is 12.1. The van der Waals surface area contributed by atoms with Gasteiger partial charge in [-0.25, -0.2) is 4.98 Å². The third kappa shape index (κ3) is 4.08. The van der Waals surface area contributed by atoms with Crippen molar-refractivity contribution in [3.63, 3.8) is 0 Å². The number of amides is 1. The van der Waals surface area contributed by atoms with Crippen molar-refractivity contribution in [2.75, 3.05) is 39.3 Å². The topological polar surface area (TPSA) is 70.4 Å². The molecule has 0 spiro atoms. The van der Waals surface area contributed by atoms with Crippen molar-refractivity contribution >= 4 is 5.91 Å². The lowest BCUT2D eigenvalue weighted by Gasteiger charge is -2.26. The average molecular weight is 306 g/mol. The van der Waals surface area contributed by atoms with Crippen molar-refractivity contribution in [1.82, 2.24) is 20.5 Å². The maximum absolute atomic E-state index is 12.1. The zero-order valence-corrected chi connectivity index (χ0v) is 13.1. The van der Waals surface area contributed by atoms with Gasteiger partial charge in [-0.15, -0.1) is 0 Å². The summed E-state index contributed by atoms with van der Waals surface area (Å²) < 4.78 is 5.51. The van der Waals surface area contributed by atoms with Gasteiger partial charge in [0.15, 0.2) is 11.6 Å². The number of likely N-dealkylation sites (tertiary alicyclic amines) is 1. The number of aromatic nitrogens is 1. The molecule has 6 heteroatoms. The van der Waals surface area contributed by atoms with Crippen LogP contribution in [0.1, 0.15) is 54.4 Å². The van der Waals surface area contributed by atoms with Gasteiger partial charge in [-0.05, 0) is 51.9 Å². The van der Waals surface area contributed by atoms with Gasteiger partial charge in [0.05, 0.1) is 0 Å². The largest absolute Gasteiger partial charge is 0.448 e. The van der Waals surface area contributed by atoms with Crippen molar-refractivity contribution in [3.05, 3.63) is 17.8 Å². The standard InChI is InChI=1S/C16H26N4O2/c21-15(18-8-11-20-9-2-1-3-10-20)14-12-22-16(19-14)13-4-6-17-7-5-13/h12-13,17H,1-11H2,(H,18,21). The van der Waals surface area contributed by atoms with E-state index in [0.717, 1.165) is 45.6 Å². The van der Waals surface area contributed by atoms with Gasteiger partial charge in [0.2, 0.25) is 0 Å². The molecule has 0 unspecified atom stereocenters. The first-order valence-corrected chi connectivity index (χ1v) is 8.49. The fourth-order valence-corrected chi connectivity index (χ4v) is 3.25. The molecule has 2 saturated heterocycles. The fraction of sp³-hybridized carbons (Fsp3) is 0.750. The highest BCUT2D eigenvalue weighted by Gasteiger charge is 2.22. The molecule has 122 valence electrons. The van der Waals surface area contributed by atoms with Crippen LogP contribution in [0.2, 0.25) is 0 Å². The van der Waals surface area contributed by atoms with E-state index in [4.69, 9.17) is 4.42 Å². The quantitative estimate of drug-likeness (QED) is 0.859. The molecule has 1 aromatic rings. The lowest BCUT2D eigenvalue weighted by molar-refractivity contribution is 0.0941. The fourth-order valence-electron chi connectivity index (χ4n) is 3.25. The first kappa shape index (κ1) is 15.5. The molecular weight excluding hydrogens is 280 g/mol. The van der Waals surface area contributed by atoms with Gasteiger partial charge < -0.3 is 20.0 Å². The molecule has 0 bridgehead atoms. The van der Waals surface area contributed by atoms with Crippen molar-refractivity contribution in [3.8, 4) is 0 Å². The zero-order chi connectivity index (χ0) is 15.2. The molecule has 0 aromatic carbocycles. The molecule has 2 N–H and O–H groups in total. The minimum absolute atomic E-state index is 0.124. The number of nitrogens with one attached hydrogen (secondary N) is 2. The van der Waals surface area contributed by atoms with E-state index < -0.39 is 0 Å². The molecular formula is C16H26N4O2. The van der Waals surface area contributed by atoms with Gasteiger partial charge in [0, 0.05) is 19.0 Å². The summed E-state index contributed by atoms with van der Waals surface area (Å²) in [5, 5.41) is 6.27. The number of hydrogen-bond donors (Lipinski definition) is 2. The number of piperidine rings is 2. The molecule has 0 saturated carbocycles. The van der Waals surface area contributed by atoms with Crippen LogP contribution in [-0.4, -0.2) is 55.1 Å². The van der Waals surface area contributed by atoms with Crippen LogP contribution in [0.5, 0.6) is 0 Å². The summed E-state index contributed by atoms with van der Waals surface area (Å²) in [4.78, 5) is 18.9. The van der Waals surface area contributed by atoms with E-state index in [1.54, 1.807) is 0 Å². The number of hydrogen-bond acceptors (Lipinski definition) is 5. The van der Waals surface area contributed by atoms with Crippen LogP contribution in [0.3, 0.4) is 0 Å². The Morgan fingerprint density at radius 1 is 1.32 bits per heavy atom. The van der Waals surface area contributed by atoms with Gasteiger partial charge in [-0.1, -0.05) is 6.42 Å². The van der Waals surface area contributed by atoms with Gasteiger partial charge >= 0.3 is 0 Å². The Bertz CT molecular complexity index is 476. The molecule has 6 nitrogen and oxygen atoms in total. The summed E-state index contributed by atoms with van der Waals surface area (Å²) in [5.41, 5.74) is 0.409. The van der Waals surface area contributed by atoms with Crippen LogP contribution in [0.25, 0.3) is 0 Å². The predicted octanol–water partition coefficient (Wildman–Crippen LogP) is 1.36. The first-order chi connectivity index (χ1) is 10.8. The number of nitrogens with zero attached hydrogens (tertiary/aromatic N) is 2. The predicted molar refractivity (Wildman–Crippen MR) is 84.0 cm³/mol. The van der Waals surface area contributed by atoms with E-state index in [2.05, 4.69) is 20.5 Å². The molecule has 1 aromatic heterocycles. The molecule has 0 aliphatic carbocycles. The summed E-state index contributed by atoms with van der Waals surface area (Å²) in [6, 6.07) is 0. The van der Waals surface area contributed by atoms with Gasteiger partial charge in [0.1, 0.15) is 6.26 Å². The summed E-state index contributed by atoms with van der Waals surface area (Å²) in [6.07, 6.45) is 7.43. The first-order valence-electron chi connectivity index (χ1n) is 8.49. The van der Waals surface area contributed by atoms with Crippen LogP contribution in [-0.2, 0) is 0 Å². The van der Waals surface area contributed by atoms with Gasteiger partial charge in [-0.2, -0.15) is 0 Å². The zero-order valence-electron chi connectivity index (χ0n) is 13.1. The van der Waals surface area contributed by atoms with Crippen molar-refractivity contribution < 1.29 is 9.21 Å². The molecule has 3 rings (SSSR count). The Morgan fingerprint density at radius 2 is 2.09 bits per heavy atom. The highest BCUT2D eigenvalue weighted by Crippen LogP contribution is 2.24. The molecule has 3 heterocycles. The van der Waals surface area contributed by atoms with Crippen molar-refractivity contribution in [2.45, 2.75) is 38.0 Å². The van der Waals surface area contributed by atoms with E-state index in [1.807, 2.05) is 0 Å². The van der Waals surface area contributed by atoms with Crippen molar-refractivity contribution in [2.24, 2.45) is 0 Å². The van der Waals surface area contributed by atoms with E-state index in [0.29, 0.717) is 24.0 Å². The molecule has 2 aliphatic rings. The Kier molecular flexibility index (Phi) is 5.45. The lowest BCUT2D eigenvalue weighted by Crippen LogP contribution is -2.37. The maximum Gasteiger partial charge on any atom is 0.273 e. The van der Waals surface area contributed by atoms with Crippen molar-refractivity contribution in [1.29, 1.82) is 0 Å². The van der Waals surface area contributed by atoms with E-state index >= 15 is 0 Å². The highest BCUT2D eigenvalue weighted by atomic mass is 16.3. The number of rotatable bonds is 5. The minimum atomic E-state index is -0.124. The Labute approximate surface area is 131 Å². The van der Waals surface area contributed by atoms with Crippen LogP contribution in [0.4, 0.5) is 0 Å². The second-order valence-corrected chi connectivity index (χ2v) is 6.25. The highest BCUT2D eigenvalue weighted by molar-refractivity contribution is 5.91. The average Bonchev–Trinajstić information content (AvgIpc) is 3.07. The Balaban J connectivity index is 1.44. The second kappa shape index (κ2) is 7.74. The molecule has 0 radical (unpaired) electrons. The summed E-state index contributed by atoms with van der Waals surface area (Å²) in [7, 11) is 0. The molecule has 2 fully saturated rings. The smallest absolute Gasteiger partial charge is 0.273 e. The van der Waals surface area contributed by atoms with E-state index in [-0.39, 0.29) is 5.91 Å². The Hall–Kier alpha value is -1.40. The third-order valence-corrected chi connectivity index (χ3v) is 4.61. The summed E-state index contributed by atoms with van der Waals surface area (Å²) in [6.45, 7) is 5.88. The molecule has 22 heavy (non-hydrogen) atoms. The lowest BCUT2D eigenvalue weighted by atomic mass is 9.98. The summed E-state index contributed by atoms with van der Waals surface area (Å²) >= 11 is 0. The number of oxazole rings is 1. The van der Waals surface area contributed by atoms with E-state index in [9.17, 15) is 4.79 Å². The normalized spacial score (nSPS) is 20.9. The second-order valence-electron chi connectivity index (χ2n) is 6.25. The van der Waals surface area contributed by atoms with Crippen LogP contribution in [0, 0.1) is 0 Å². The Morgan fingerprint density at radius 3 is 2.86 bits per heavy atom. The number of carbonyl (C=O) groups is 1. The van der Waals surface area contributed by atoms with E-state index in [1.165, 1.54) is 25.5 Å². The summed E-state index contributed by atoms with van der Waals surface area (Å²) in [5.74, 6) is 0.930. The van der Waals surface area contributed by atoms with Crippen LogP contribution in [0.15, 0.2) is 10.7 Å². The van der Waals surface area contributed by atoms with Gasteiger partial charge in [0.25, 0.3) is 5.91 Å².